The Morgan fingerprint density at radius 2 is 1.50 bits per heavy atom. The summed E-state index contributed by atoms with van der Waals surface area (Å²) in [5.74, 6) is 1.22. The summed E-state index contributed by atoms with van der Waals surface area (Å²) in [5.41, 5.74) is 1.81. The van der Waals surface area contributed by atoms with E-state index in [0.717, 1.165) is 11.1 Å². The fourth-order valence-corrected chi connectivity index (χ4v) is 2.14. The number of rotatable bonds is 9. The van der Waals surface area contributed by atoms with Gasteiger partial charge in [-0.3, -0.25) is 4.79 Å². The van der Waals surface area contributed by atoms with Gasteiger partial charge in [-0.15, -0.1) is 0 Å². The van der Waals surface area contributed by atoms with E-state index >= 15 is 0 Å². The van der Waals surface area contributed by atoms with Gasteiger partial charge < -0.3 is 9.47 Å². The number of carbonyl (C=O) groups is 1. The molecule has 0 amide bonds. The third-order valence-corrected chi connectivity index (χ3v) is 3.45. The number of carbonyl (C=O) groups excluding carboxylic acids is 1. The van der Waals surface area contributed by atoms with E-state index < -0.39 is 12.6 Å². The highest BCUT2D eigenvalue weighted by atomic mass is 19.4. The summed E-state index contributed by atoms with van der Waals surface area (Å²) in [6.07, 6.45) is -1.22. The molecule has 0 bridgehead atoms. The van der Waals surface area contributed by atoms with Gasteiger partial charge in [0, 0.05) is 6.42 Å². The largest absolute Gasteiger partial charge is 0.494 e. The second kappa shape index (κ2) is 9.65. The molecular weight excluding hydrogens is 345 g/mol. The van der Waals surface area contributed by atoms with E-state index in [2.05, 4.69) is 0 Å². The minimum atomic E-state index is -4.15. The number of allylic oxidation sites excluding steroid dienone is 1. The van der Waals surface area contributed by atoms with Crippen molar-refractivity contribution in [1.29, 1.82) is 0 Å². The van der Waals surface area contributed by atoms with Crippen LogP contribution in [0, 0.1) is 0 Å². The van der Waals surface area contributed by atoms with Crippen LogP contribution in [0.5, 0.6) is 11.5 Å². The van der Waals surface area contributed by atoms with Gasteiger partial charge in [-0.25, -0.2) is 0 Å². The molecule has 0 radical (unpaired) electrons. The van der Waals surface area contributed by atoms with Gasteiger partial charge in [0.15, 0.2) is 0 Å². The Bertz CT molecular complexity index is 705. The Kier molecular flexibility index (Phi) is 7.26. The molecule has 26 heavy (non-hydrogen) atoms. The molecule has 6 heteroatoms. The van der Waals surface area contributed by atoms with Crippen LogP contribution in [0.1, 0.15) is 24.0 Å². The zero-order valence-corrected chi connectivity index (χ0v) is 14.0. The summed E-state index contributed by atoms with van der Waals surface area (Å²) in [6, 6.07) is 14.3. The third kappa shape index (κ3) is 7.42. The van der Waals surface area contributed by atoms with Crippen molar-refractivity contribution in [2.24, 2.45) is 0 Å². The summed E-state index contributed by atoms with van der Waals surface area (Å²) in [5, 5.41) is 0. The summed E-state index contributed by atoms with van der Waals surface area (Å²) < 4.78 is 47.1. The molecule has 0 aromatic heterocycles. The van der Waals surface area contributed by atoms with E-state index in [4.69, 9.17) is 9.47 Å². The molecule has 138 valence electrons. The molecule has 0 aliphatic carbocycles. The zero-order chi connectivity index (χ0) is 18.8. The zero-order valence-electron chi connectivity index (χ0n) is 14.0. The van der Waals surface area contributed by atoms with Gasteiger partial charge in [-0.05, 0) is 47.9 Å². The Morgan fingerprint density at radius 3 is 2.12 bits per heavy atom. The SMILES string of the molecule is O=C/C=C/c1ccc(OCc2ccc(OCCCC(F)(F)F)cc2)cc1. The van der Waals surface area contributed by atoms with Crippen molar-refractivity contribution in [2.45, 2.75) is 25.6 Å². The number of benzene rings is 2. The Labute approximate surface area is 150 Å². The molecule has 0 N–H and O–H groups in total. The van der Waals surface area contributed by atoms with E-state index in [1.54, 1.807) is 30.3 Å². The number of hydrogen-bond acceptors (Lipinski definition) is 3. The summed E-state index contributed by atoms with van der Waals surface area (Å²) in [6.45, 7) is 0.387. The second-order valence-corrected chi connectivity index (χ2v) is 5.56. The number of hydrogen-bond donors (Lipinski definition) is 0. The Morgan fingerprint density at radius 1 is 0.885 bits per heavy atom. The van der Waals surface area contributed by atoms with E-state index in [1.165, 1.54) is 6.08 Å². The van der Waals surface area contributed by atoms with Gasteiger partial charge in [0.25, 0.3) is 0 Å². The van der Waals surface area contributed by atoms with Gasteiger partial charge >= 0.3 is 6.18 Å². The van der Waals surface area contributed by atoms with Gasteiger partial charge in [-0.1, -0.05) is 30.3 Å². The molecule has 2 rings (SSSR count). The van der Waals surface area contributed by atoms with Crippen LogP contribution in [-0.2, 0) is 11.4 Å². The van der Waals surface area contributed by atoms with Crippen molar-refractivity contribution in [1.82, 2.24) is 0 Å². The van der Waals surface area contributed by atoms with E-state index in [0.29, 0.717) is 24.4 Å². The lowest BCUT2D eigenvalue weighted by Gasteiger charge is -2.10. The average Bonchev–Trinajstić information content (AvgIpc) is 2.63. The molecule has 3 nitrogen and oxygen atoms in total. The highest BCUT2D eigenvalue weighted by Gasteiger charge is 2.26. The topological polar surface area (TPSA) is 35.5 Å². The summed E-state index contributed by atoms with van der Waals surface area (Å²) in [7, 11) is 0. The molecule has 0 fully saturated rings. The number of ether oxygens (including phenoxy) is 2. The van der Waals surface area contributed by atoms with Crippen molar-refractivity contribution in [2.75, 3.05) is 6.61 Å². The van der Waals surface area contributed by atoms with Gasteiger partial charge in [0.2, 0.25) is 0 Å². The molecule has 0 aliphatic heterocycles. The van der Waals surface area contributed by atoms with Gasteiger partial charge in [0.05, 0.1) is 6.61 Å². The fourth-order valence-electron chi connectivity index (χ4n) is 2.14. The Balaban J connectivity index is 1.76. The molecule has 2 aromatic carbocycles. The lowest BCUT2D eigenvalue weighted by Crippen LogP contribution is -2.09. The van der Waals surface area contributed by atoms with E-state index in [-0.39, 0.29) is 13.0 Å². The smallest absolute Gasteiger partial charge is 0.389 e. The first kappa shape index (κ1) is 19.6. The highest BCUT2D eigenvalue weighted by molar-refractivity contribution is 5.73. The van der Waals surface area contributed by atoms with Crippen LogP contribution < -0.4 is 9.47 Å². The van der Waals surface area contributed by atoms with Crippen LogP contribution in [0.4, 0.5) is 13.2 Å². The first-order valence-corrected chi connectivity index (χ1v) is 8.09. The van der Waals surface area contributed by atoms with Gasteiger partial charge in [0.1, 0.15) is 24.4 Å². The average molecular weight is 364 g/mol. The van der Waals surface area contributed by atoms with Crippen molar-refractivity contribution in [3.63, 3.8) is 0 Å². The first-order chi connectivity index (χ1) is 12.5. The Hall–Kier alpha value is -2.76. The molecule has 0 heterocycles. The maximum absolute atomic E-state index is 12.0. The molecule has 0 atom stereocenters. The van der Waals surface area contributed by atoms with Crippen LogP contribution in [0.25, 0.3) is 6.08 Å². The van der Waals surface area contributed by atoms with Crippen molar-refractivity contribution >= 4 is 12.4 Å². The van der Waals surface area contributed by atoms with Crippen LogP contribution in [0.15, 0.2) is 54.6 Å². The van der Waals surface area contributed by atoms with Crippen molar-refractivity contribution in [3.8, 4) is 11.5 Å². The van der Waals surface area contributed by atoms with Gasteiger partial charge in [-0.2, -0.15) is 13.2 Å². The predicted octanol–water partition coefficient (Wildman–Crippen LogP) is 5.20. The summed E-state index contributed by atoms with van der Waals surface area (Å²) >= 11 is 0. The predicted molar refractivity (Wildman–Crippen MR) is 93.1 cm³/mol. The van der Waals surface area contributed by atoms with Crippen LogP contribution in [0.3, 0.4) is 0 Å². The summed E-state index contributed by atoms with van der Waals surface area (Å²) in [4.78, 5) is 10.3. The quantitative estimate of drug-likeness (QED) is 0.349. The molecule has 0 aliphatic rings. The molecular formula is C20H19F3O3. The van der Waals surface area contributed by atoms with Crippen LogP contribution in [0.2, 0.25) is 0 Å². The van der Waals surface area contributed by atoms with Crippen molar-refractivity contribution < 1.29 is 27.4 Å². The molecule has 2 aromatic rings. The first-order valence-electron chi connectivity index (χ1n) is 8.09. The lowest BCUT2D eigenvalue weighted by molar-refractivity contribution is -0.136. The highest BCUT2D eigenvalue weighted by Crippen LogP contribution is 2.22. The number of halogens is 3. The van der Waals surface area contributed by atoms with E-state index in [9.17, 15) is 18.0 Å². The number of alkyl halides is 3. The normalized spacial score (nSPS) is 11.5. The van der Waals surface area contributed by atoms with Crippen LogP contribution >= 0.6 is 0 Å². The molecule has 0 saturated heterocycles. The monoisotopic (exact) mass is 364 g/mol. The second-order valence-electron chi connectivity index (χ2n) is 5.56. The molecule has 0 saturated carbocycles. The molecule has 0 unspecified atom stereocenters. The maximum Gasteiger partial charge on any atom is 0.389 e. The van der Waals surface area contributed by atoms with Crippen LogP contribution in [-0.4, -0.2) is 19.1 Å². The third-order valence-electron chi connectivity index (χ3n) is 3.45. The fraction of sp³-hybridized carbons (Fsp3) is 0.250. The number of aldehydes is 1. The maximum atomic E-state index is 12.0. The molecule has 0 spiro atoms. The standard InChI is InChI=1S/C20H19F3O3/c21-20(22,23)12-2-14-25-18-10-6-17(7-11-18)15-26-19-8-4-16(5-9-19)3-1-13-24/h1,3-11,13H,2,12,14-15H2/b3-1+. The minimum absolute atomic E-state index is 0.0280. The van der Waals surface area contributed by atoms with Crippen molar-refractivity contribution in [3.05, 3.63) is 65.7 Å². The lowest BCUT2D eigenvalue weighted by atomic mass is 10.2. The van der Waals surface area contributed by atoms with E-state index in [1.807, 2.05) is 24.3 Å². The minimum Gasteiger partial charge on any atom is -0.494 e.